The minimum absolute atomic E-state index is 0.229. The summed E-state index contributed by atoms with van der Waals surface area (Å²) < 4.78 is 2.06. The van der Waals surface area contributed by atoms with Crippen molar-refractivity contribution in [1.29, 1.82) is 0 Å². The Morgan fingerprint density at radius 3 is 2.94 bits per heavy atom. The van der Waals surface area contributed by atoms with E-state index in [1.165, 1.54) is 32.1 Å². The lowest BCUT2D eigenvalue weighted by Gasteiger charge is -2.29. The molecule has 0 aromatic carbocycles. The zero-order valence-corrected chi connectivity index (χ0v) is 11.8. The van der Waals surface area contributed by atoms with Gasteiger partial charge in [-0.05, 0) is 42.7 Å². The molecule has 0 spiro atoms. The molecule has 1 saturated carbocycles. The van der Waals surface area contributed by atoms with E-state index in [2.05, 4.69) is 46.3 Å². The molecule has 3 atom stereocenters. The van der Waals surface area contributed by atoms with Gasteiger partial charge in [0, 0.05) is 0 Å². The van der Waals surface area contributed by atoms with Gasteiger partial charge < -0.3 is 5.32 Å². The molecule has 1 fully saturated rings. The number of rotatable bonds is 5. The lowest BCUT2D eigenvalue weighted by Crippen LogP contribution is -2.26. The Labute approximate surface area is 109 Å². The Bertz CT molecular complexity index is 362. The second-order valence-electron chi connectivity index (χ2n) is 5.36. The van der Waals surface area contributed by atoms with Gasteiger partial charge in [-0.15, -0.1) is 5.10 Å². The average Bonchev–Trinajstić information content (AvgIpc) is 2.88. The van der Waals surface area contributed by atoms with E-state index in [1.807, 2.05) is 0 Å². The van der Waals surface area contributed by atoms with Crippen molar-refractivity contribution in [2.75, 3.05) is 6.54 Å². The van der Waals surface area contributed by atoms with Gasteiger partial charge in [0.15, 0.2) is 5.82 Å². The highest BCUT2D eigenvalue weighted by Gasteiger charge is 2.26. The molecule has 0 aliphatic heterocycles. The van der Waals surface area contributed by atoms with Crippen LogP contribution in [0.15, 0.2) is 0 Å². The van der Waals surface area contributed by atoms with Crippen LogP contribution >= 0.6 is 0 Å². The van der Waals surface area contributed by atoms with Crippen LogP contribution in [0.4, 0.5) is 0 Å². The largest absolute Gasteiger partial charge is 0.308 e. The smallest absolute Gasteiger partial charge is 0.168 e. The van der Waals surface area contributed by atoms with E-state index in [-0.39, 0.29) is 6.04 Å². The van der Waals surface area contributed by atoms with E-state index in [0.29, 0.717) is 6.04 Å². The summed E-state index contributed by atoms with van der Waals surface area (Å²) in [5.41, 5.74) is 0. The minimum atomic E-state index is 0.229. The van der Waals surface area contributed by atoms with Crippen LogP contribution in [0.5, 0.6) is 0 Å². The van der Waals surface area contributed by atoms with Gasteiger partial charge in [0.25, 0.3) is 0 Å². The topological polar surface area (TPSA) is 55.6 Å². The third-order valence-corrected chi connectivity index (χ3v) is 4.09. The van der Waals surface area contributed by atoms with Crippen molar-refractivity contribution in [2.24, 2.45) is 5.92 Å². The Hall–Kier alpha value is -0.970. The van der Waals surface area contributed by atoms with Crippen LogP contribution in [0, 0.1) is 5.92 Å². The van der Waals surface area contributed by atoms with E-state index >= 15 is 0 Å². The molecule has 5 heteroatoms. The molecule has 1 aliphatic carbocycles. The van der Waals surface area contributed by atoms with Crippen molar-refractivity contribution in [3.05, 3.63) is 5.82 Å². The molecule has 1 aromatic rings. The normalized spacial score (nSPS) is 26.2. The maximum atomic E-state index is 4.23. The first-order valence-corrected chi connectivity index (χ1v) is 7.27. The first kappa shape index (κ1) is 13.5. The predicted molar refractivity (Wildman–Crippen MR) is 71.2 cm³/mol. The standard InChI is InChI=1S/C13H25N5/c1-4-11-7-6-8-12(9-11)18-13(15-16-17-18)10(3)14-5-2/h10-12,14H,4-9H2,1-3H3. The summed E-state index contributed by atoms with van der Waals surface area (Å²) in [5, 5.41) is 15.7. The van der Waals surface area contributed by atoms with Crippen LogP contribution in [0.1, 0.15) is 70.8 Å². The van der Waals surface area contributed by atoms with Gasteiger partial charge in [-0.3, -0.25) is 0 Å². The quantitative estimate of drug-likeness (QED) is 0.873. The number of nitrogens with one attached hydrogen (secondary N) is 1. The summed E-state index contributed by atoms with van der Waals surface area (Å²) in [7, 11) is 0. The molecule has 0 radical (unpaired) electrons. The van der Waals surface area contributed by atoms with Crippen LogP contribution < -0.4 is 5.32 Å². The summed E-state index contributed by atoms with van der Waals surface area (Å²) in [4.78, 5) is 0. The highest BCUT2D eigenvalue weighted by Crippen LogP contribution is 2.34. The second kappa shape index (κ2) is 6.27. The van der Waals surface area contributed by atoms with E-state index in [0.717, 1.165) is 18.3 Å². The molecule has 2 rings (SSSR count). The maximum Gasteiger partial charge on any atom is 0.168 e. The zero-order chi connectivity index (χ0) is 13.0. The zero-order valence-electron chi connectivity index (χ0n) is 11.8. The maximum absolute atomic E-state index is 4.23. The summed E-state index contributed by atoms with van der Waals surface area (Å²) in [6.45, 7) is 7.47. The number of nitrogens with zero attached hydrogens (tertiary/aromatic N) is 4. The van der Waals surface area contributed by atoms with Crippen molar-refractivity contribution in [3.63, 3.8) is 0 Å². The third kappa shape index (κ3) is 2.88. The average molecular weight is 251 g/mol. The van der Waals surface area contributed by atoms with E-state index < -0.39 is 0 Å². The molecule has 102 valence electrons. The second-order valence-corrected chi connectivity index (χ2v) is 5.36. The molecule has 1 aromatic heterocycles. The predicted octanol–water partition coefficient (Wildman–Crippen LogP) is 2.48. The molecule has 0 amide bonds. The monoisotopic (exact) mass is 251 g/mol. The molecule has 1 N–H and O–H groups in total. The molecule has 18 heavy (non-hydrogen) atoms. The van der Waals surface area contributed by atoms with Crippen LogP contribution in [0.25, 0.3) is 0 Å². The molecular weight excluding hydrogens is 226 g/mol. The van der Waals surface area contributed by atoms with Gasteiger partial charge in [0.05, 0.1) is 12.1 Å². The molecular formula is C13H25N5. The first-order valence-electron chi connectivity index (χ1n) is 7.27. The fourth-order valence-electron chi connectivity index (χ4n) is 3.00. The molecule has 1 aliphatic rings. The van der Waals surface area contributed by atoms with Gasteiger partial charge in [0.2, 0.25) is 0 Å². The van der Waals surface area contributed by atoms with Crippen molar-refractivity contribution < 1.29 is 0 Å². The van der Waals surface area contributed by atoms with Crippen molar-refractivity contribution in [3.8, 4) is 0 Å². The van der Waals surface area contributed by atoms with Gasteiger partial charge >= 0.3 is 0 Å². The van der Waals surface area contributed by atoms with Crippen LogP contribution in [-0.2, 0) is 0 Å². The van der Waals surface area contributed by atoms with E-state index in [4.69, 9.17) is 0 Å². The first-order chi connectivity index (χ1) is 8.76. The Morgan fingerprint density at radius 1 is 1.39 bits per heavy atom. The third-order valence-electron chi connectivity index (χ3n) is 4.09. The Balaban J connectivity index is 2.10. The Morgan fingerprint density at radius 2 is 2.22 bits per heavy atom. The summed E-state index contributed by atoms with van der Waals surface area (Å²) in [5.74, 6) is 1.83. The van der Waals surface area contributed by atoms with Crippen LogP contribution in [-0.4, -0.2) is 26.8 Å². The summed E-state index contributed by atoms with van der Waals surface area (Å²) in [6.07, 6.45) is 6.39. The Kier molecular flexibility index (Phi) is 4.69. The van der Waals surface area contributed by atoms with Crippen molar-refractivity contribution in [2.45, 2.75) is 65.0 Å². The SMILES string of the molecule is CCNC(C)c1nnnn1C1CCCC(CC)C1. The number of hydrogen-bond acceptors (Lipinski definition) is 4. The van der Waals surface area contributed by atoms with E-state index in [1.54, 1.807) is 0 Å². The van der Waals surface area contributed by atoms with Gasteiger partial charge in [0.1, 0.15) is 0 Å². The van der Waals surface area contributed by atoms with Crippen molar-refractivity contribution >= 4 is 0 Å². The fraction of sp³-hybridized carbons (Fsp3) is 0.923. The van der Waals surface area contributed by atoms with Gasteiger partial charge in [-0.2, -0.15) is 0 Å². The van der Waals surface area contributed by atoms with Crippen molar-refractivity contribution in [1.82, 2.24) is 25.5 Å². The number of aromatic nitrogens is 4. The molecule has 1 heterocycles. The van der Waals surface area contributed by atoms with E-state index in [9.17, 15) is 0 Å². The van der Waals surface area contributed by atoms with Crippen LogP contribution in [0.3, 0.4) is 0 Å². The molecule has 3 unspecified atom stereocenters. The fourth-order valence-corrected chi connectivity index (χ4v) is 3.00. The lowest BCUT2D eigenvalue weighted by atomic mass is 9.84. The number of hydrogen-bond donors (Lipinski definition) is 1. The highest BCUT2D eigenvalue weighted by atomic mass is 15.6. The highest BCUT2D eigenvalue weighted by molar-refractivity contribution is 4.93. The summed E-state index contributed by atoms with van der Waals surface area (Å²) in [6, 6.07) is 0.724. The van der Waals surface area contributed by atoms with Gasteiger partial charge in [-0.1, -0.05) is 33.1 Å². The molecule has 0 saturated heterocycles. The number of tetrazole rings is 1. The summed E-state index contributed by atoms with van der Waals surface area (Å²) >= 11 is 0. The minimum Gasteiger partial charge on any atom is -0.308 e. The molecule has 5 nitrogen and oxygen atoms in total. The van der Waals surface area contributed by atoms with Gasteiger partial charge in [-0.25, -0.2) is 4.68 Å². The molecule has 0 bridgehead atoms. The van der Waals surface area contributed by atoms with Crippen LogP contribution in [0.2, 0.25) is 0 Å². The lowest BCUT2D eigenvalue weighted by molar-refractivity contribution is 0.237.